The Balaban J connectivity index is 1.66. The zero-order valence-electron chi connectivity index (χ0n) is 16.3. The van der Waals surface area contributed by atoms with Gasteiger partial charge in [0.15, 0.2) is 11.4 Å². The molecule has 0 aliphatic carbocycles. The van der Waals surface area contributed by atoms with E-state index < -0.39 is 34.6 Å². The predicted octanol–water partition coefficient (Wildman–Crippen LogP) is 2.33. The van der Waals surface area contributed by atoms with Gasteiger partial charge in [-0.15, -0.1) is 0 Å². The second kappa shape index (κ2) is 7.55. The summed E-state index contributed by atoms with van der Waals surface area (Å²) in [6.45, 7) is 2.11. The fourth-order valence-corrected chi connectivity index (χ4v) is 4.17. The maximum absolute atomic E-state index is 13.8. The molecular weight excluding hydrogens is 396 g/mol. The van der Waals surface area contributed by atoms with Gasteiger partial charge in [-0.05, 0) is 32.3 Å². The maximum Gasteiger partial charge on any atom is 0.274 e. The van der Waals surface area contributed by atoms with E-state index >= 15 is 0 Å². The summed E-state index contributed by atoms with van der Waals surface area (Å²) in [6.07, 6.45) is 3.72. The molecule has 158 valence electrons. The molecule has 2 atom stereocenters. The fourth-order valence-electron chi connectivity index (χ4n) is 4.17. The minimum Gasteiger partial charge on any atom is -0.503 e. The van der Waals surface area contributed by atoms with Gasteiger partial charge in [-0.25, -0.2) is 8.78 Å². The first kappa shape index (κ1) is 20.1. The Bertz CT molecular complexity index is 1100. The zero-order chi connectivity index (χ0) is 21.6. The highest BCUT2D eigenvalue weighted by Crippen LogP contribution is 2.34. The maximum atomic E-state index is 13.8. The van der Waals surface area contributed by atoms with E-state index in [-0.39, 0.29) is 35.4 Å². The van der Waals surface area contributed by atoms with Crippen LogP contribution >= 0.6 is 0 Å². The summed E-state index contributed by atoms with van der Waals surface area (Å²) in [6, 6.07) is 2.80. The van der Waals surface area contributed by atoms with E-state index in [1.165, 1.54) is 16.8 Å². The molecule has 2 N–H and O–H groups in total. The SMILES string of the molecule is C[C@H]1CCC[C@@H]2CN1C(=O)c1c(O)c(=O)c(C(=O)NCc3ccc(F)cc3F)cn12. The molecule has 0 spiro atoms. The van der Waals surface area contributed by atoms with Gasteiger partial charge >= 0.3 is 0 Å². The summed E-state index contributed by atoms with van der Waals surface area (Å²) in [5.41, 5.74) is -1.35. The Morgan fingerprint density at radius 2 is 2.03 bits per heavy atom. The number of pyridine rings is 1. The van der Waals surface area contributed by atoms with Crippen LogP contribution in [-0.4, -0.2) is 39.0 Å². The standard InChI is InChI=1S/C21H21F2N3O4/c1-11-3-2-4-14-9-25(11)21(30)17-19(28)18(27)15(10-26(14)17)20(29)24-8-12-5-6-13(22)7-16(12)23/h5-7,10-11,14,28H,2-4,8-9H2,1H3,(H,24,29)/t11-,14+/m0/s1. The molecule has 0 unspecified atom stereocenters. The van der Waals surface area contributed by atoms with Crippen LogP contribution in [0.15, 0.2) is 29.2 Å². The number of hydrogen-bond donors (Lipinski definition) is 2. The Morgan fingerprint density at radius 1 is 1.27 bits per heavy atom. The molecule has 7 nitrogen and oxygen atoms in total. The summed E-state index contributed by atoms with van der Waals surface area (Å²) >= 11 is 0. The molecule has 2 bridgehead atoms. The monoisotopic (exact) mass is 417 g/mol. The Kier molecular flexibility index (Phi) is 5.05. The van der Waals surface area contributed by atoms with Crippen LogP contribution in [-0.2, 0) is 6.54 Å². The minimum absolute atomic E-state index is 0.000618. The number of carbonyl (C=O) groups is 2. The molecule has 1 saturated heterocycles. The van der Waals surface area contributed by atoms with Gasteiger partial charge < -0.3 is 19.9 Å². The van der Waals surface area contributed by atoms with Gasteiger partial charge in [0, 0.05) is 37.0 Å². The zero-order valence-corrected chi connectivity index (χ0v) is 16.3. The van der Waals surface area contributed by atoms with Crippen LogP contribution in [0.3, 0.4) is 0 Å². The third-order valence-electron chi connectivity index (χ3n) is 5.87. The molecular formula is C21H21F2N3O4. The average molecular weight is 417 g/mol. The lowest BCUT2D eigenvalue weighted by atomic mass is 10.1. The van der Waals surface area contributed by atoms with Gasteiger partial charge in [0.25, 0.3) is 11.8 Å². The number of benzene rings is 1. The minimum atomic E-state index is -0.959. The molecule has 4 rings (SSSR count). The van der Waals surface area contributed by atoms with Crippen LogP contribution in [0.4, 0.5) is 8.78 Å². The number of rotatable bonds is 3. The van der Waals surface area contributed by atoms with Crippen molar-refractivity contribution < 1.29 is 23.5 Å². The Hall–Kier alpha value is -3.23. The number of nitrogens with one attached hydrogen (secondary N) is 1. The molecule has 1 fully saturated rings. The van der Waals surface area contributed by atoms with Gasteiger partial charge in [-0.1, -0.05) is 6.07 Å². The second-order valence-electron chi connectivity index (χ2n) is 7.79. The molecule has 2 aromatic rings. The Morgan fingerprint density at radius 3 is 2.77 bits per heavy atom. The van der Waals surface area contributed by atoms with Crippen LogP contribution in [0.2, 0.25) is 0 Å². The molecule has 9 heteroatoms. The van der Waals surface area contributed by atoms with Crippen molar-refractivity contribution in [2.75, 3.05) is 6.54 Å². The van der Waals surface area contributed by atoms with Crippen molar-refractivity contribution >= 4 is 11.8 Å². The van der Waals surface area contributed by atoms with Crippen LogP contribution in [0.1, 0.15) is 58.6 Å². The third kappa shape index (κ3) is 3.34. The first-order chi connectivity index (χ1) is 14.3. The van der Waals surface area contributed by atoms with Crippen molar-refractivity contribution in [3.63, 3.8) is 0 Å². The lowest BCUT2D eigenvalue weighted by Crippen LogP contribution is -2.47. The van der Waals surface area contributed by atoms with E-state index in [0.717, 1.165) is 25.3 Å². The highest BCUT2D eigenvalue weighted by Gasteiger charge is 2.38. The van der Waals surface area contributed by atoms with Crippen molar-refractivity contribution in [1.29, 1.82) is 0 Å². The average Bonchev–Trinajstić information content (AvgIpc) is 2.87. The number of carbonyl (C=O) groups excluding carboxylic acids is 2. The van der Waals surface area contributed by atoms with Gasteiger partial charge in [-0.2, -0.15) is 0 Å². The van der Waals surface area contributed by atoms with Gasteiger partial charge in [0.1, 0.15) is 17.2 Å². The van der Waals surface area contributed by atoms with E-state index in [4.69, 9.17) is 0 Å². The van der Waals surface area contributed by atoms with E-state index in [1.54, 1.807) is 4.90 Å². The van der Waals surface area contributed by atoms with Gasteiger partial charge in [0.05, 0.1) is 6.04 Å². The van der Waals surface area contributed by atoms with Crippen molar-refractivity contribution in [3.05, 3.63) is 63.1 Å². The number of nitrogens with zero attached hydrogens (tertiary/aromatic N) is 2. The third-order valence-corrected chi connectivity index (χ3v) is 5.87. The van der Waals surface area contributed by atoms with Crippen LogP contribution < -0.4 is 10.7 Å². The topological polar surface area (TPSA) is 91.6 Å². The number of amides is 2. The molecule has 0 saturated carbocycles. The van der Waals surface area contributed by atoms with Crippen molar-refractivity contribution in [1.82, 2.24) is 14.8 Å². The number of aromatic nitrogens is 1. The van der Waals surface area contributed by atoms with Crippen LogP contribution in [0, 0.1) is 11.6 Å². The number of halogens is 2. The Labute approximate surface area is 170 Å². The van der Waals surface area contributed by atoms with E-state index in [1.807, 2.05) is 6.92 Å². The van der Waals surface area contributed by atoms with Crippen molar-refractivity contribution in [2.45, 2.75) is 44.8 Å². The van der Waals surface area contributed by atoms with E-state index in [2.05, 4.69) is 5.32 Å². The number of hydrogen-bond acceptors (Lipinski definition) is 4. The van der Waals surface area contributed by atoms with Crippen molar-refractivity contribution in [2.24, 2.45) is 0 Å². The van der Waals surface area contributed by atoms with E-state index in [0.29, 0.717) is 12.6 Å². The fraction of sp³-hybridized carbons (Fsp3) is 0.381. The molecule has 2 amide bonds. The number of aromatic hydroxyl groups is 1. The van der Waals surface area contributed by atoms with Gasteiger partial charge in [-0.3, -0.25) is 14.4 Å². The quantitative estimate of drug-likeness (QED) is 0.802. The summed E-state index contributed by atoms with van der Waals surface area (Å²) in [5, 5.41) is 12.9. The van der Waals surface area contributed by atoms with Crippen LogP contribution in [0.25, 0.3) is 0 Å². The number of fused-ring (bicyclic) bond motifs is 4. The second-order valence-corrected chi connectivity index (χ2v) is 7.79. The molecule has 0 radical (unpaired) electrons. The first-order valence-corrected chi connectivity index (χ1v) is 9.79. The lowest BCUT2D eigenvalue weighted by Gasteiger charge is -2.37. The molecule has 1 aromatic heterocycles. The lowest BCUT2D eigenvalue weighted by molar-refractivity contribution is 0.0604. The molecule has 1 aromatic carbocycles. The summed E-state index contributed by atoms with van der Waals surface area (Å²) in [7, 11) is 0. The van der Waals surface area contributed by atoms with Gasteiger partial charge in [0.2, 0.25) is 5.43 Å². The summed E-state index contributed by atoms with van der Waals surface area (Å²) < 4.78 is 28.3. The normalized spacial score (nSPS) is 20.5. The van der Waals surface area contributed by atoms with E-state index in [9.17, 15) is 28.3 Å². The first-order valence-electron chi connectivity index (χ1n) is 9.79. The largest absolute Gasteiger partial charge is 0.503 e. The summed E-state index contributed by atoms with van der Waals surface area (Å²) in [5.74, 6) is -3.57. The van der Waals surface area contributed by atoms with Crippen molar-refractivity contribution in [3.8, 4) is 5.75 Å². The summed E-state index contributed by atoms with van der Waals surface area (Å²) in [4.78, 5) is 39.7. The molecule has 2 aliphatic rings. The highest BCUT2D eigenvalue weighted by molar-refractivity contribution is 5.99. The molecule has 30 heavy (non-hydrogen) atoms. The van der Waals surface area contributed by atoms with Crippen LogP contribution in [0.5, 0.6) is 5.75 Å². The highest BCUT2D eigenvalue weighted by atomic mass is 19.1. The molecule has 3 heterocycles. The smallest absolute Gasteiger partial charge is 0.274 e. The predicted molar refractivity (Wildman–Crippen MR) is 103 cm³/mol. The molecule has 2 aliphatic heterocycles.